The number of hydrogen-bond acceptors (Lipinski definition) is 4. The van der Waals surface area contributed by atoms with Crippen molar-refractivity contribution in [2.75, 3.05) is 19.6 Å². The lowest BCUT2D eigenvalue weighted by atomic mass is 10.1. The van der Waals surface area contributed by atoms with Crippen LogP contribution in [0.3, 0.4) is 0 Å². The first-order chi connectivity index (χ1) is 12.1. The Morgan fingerprint density at radius 3 is 2.96 bits per heavy atom. The summed E-state index contributed by atoms with van der Waals surface area (Å²) >= 11 is 0. The van der Waals surface area contributed by atoms with Crippen molar-refractivity contribution < 1.29 is 4.79 Å². The molecule has 6 nitrogen and oxygen atoms in total. The lowest BCUT2D eigenvalue weighted by molar-refractivity contribution is 0.0622. The number of aromatic nitrogens is 3. The van der Waals surface area contributed by atoms with Crippen LogP contribution in [0.5, 0.6) is 0 Å². The molecular weight excluding hydrogens is 314 g/mol. The van der Waals surface area contributed by atoms with Gasteiger partial charge in [0.05, 0.1) is 11.1 Å². The summed E-state index contributed by atoms with van der Waals surface area (Å²) in [6, 6.07) is 9.69. The number of pyridine rings is 1. The molecule has 2 aromatic heterocycles. The third kappa shape index (κ3) is 2.78. The van der Waals surface area contributed by atoms with E-state index in [0.717, 1.165) is 29.0 Å². The summed E-state index contributed by atoms with van der Waals surface area (Å²) in [5.41, 5.74) is 2.33. The van der Waals surface area contributed by atoms with Gasteiger partial charge in [-0.25, -0.2) is 4.98 Å². The van der Waals surface area contributed by atoms with Gasteiger partial charge in [-0.2, -0.15) is 0 Å². The second kappa shape index (κ2) is 6.29. The summed E-state index contributed by atoms with van der Waals surface area (Å²) in [4.78, 5) is 24.3. The van der Waals surface area contributed by atoms with E-state index in [1.165, 1.54) is 0 Å². The highest BCUT2D eigenvalue weighted by molar-refractivity contribution is 6.05. The number of rotatable bonds is 2. The number of nitrogens with one attached hydrogen (secondary N) is 1. The van der Waals surface area contributed by atoms with Crippen LogP contribution in [0, 0.1) is 6.92 Å². The smallest absolute Gasteiger partial charge is 0.256 e. The number of nitrogens with zero attached hydrogens (tertiary/aromatic N) is 4. The van der Waals surface area contributed by atoms with E-state index in [4.69, 9.17) is 0 Å². The second-order valence-electron chi connectivity index (χ2n) is 6.44. The van der Waals surface area contributed by atoms with Crippen molar-refractivity contribution >= 4 is 16.8 Å². The third-order valence-corrected chi connectivity index (χ3v) is 4.75. The van der Waals surface area contributed by atoms with Gasteiger partial charge in [0.2, 0.25) is 0 Å². The highest BCUT2D eigenvalue weighted by Gasteiger charge is 2.31. The minimum Gasteiger partial charge on any atom is -0.336 e. The van der Waals surface area contributed by atoms with Crippen molar-refractivity contribution in [3.8, 4) is 0 Å². The predicted molar refractivity (Wildman–Crippen MR) is 96.3 cm³/mol. The van der Waals surface area contributed by atoms with Gasteiger partial charge in [0.15, 0.2) is 0 Å². The molecule has 0 aliphatic carbocycles. The first-order valence-corrected chi connectivity index (χ1v) is 8.50. The molecule has 0 bridgehead atoms. The molecular formula is C19H21N5O. The van der Waals surface area contributed by atoms with Gasteiger partial charge in [0.25, 0.3) is 5.91 Å². The molecule has 0 radical (unpaired) electrons. The fraction of sp³-hybridized carbons (Fsp3) is 0.316. The van der Waals surface area contributed by atoms with Gasteiger partial charge in [-0.3, -0.25) is 9.78 Å². The molecule has 0 spiro atoms. The van der Waals surface area contributed by atoms with Crippen LogP contribution in [-0.4, -0.2) is 45.0 Å². The lowest BCUT2D eigenvalue weighted by Gasteiger charge is -2.36. The Balaban J connectivity index is 1.77. The van der Waals surface area contributed by atoms with Crippen LogP contribution in [0.15, 0.2) is 42.7 Å². The molecule has 25 heavy (non-hydrogen) atoms. The average Bonchev–Trinajstić information content (AvgIpc) is 3.06. The van der Waals surface area contributed by atoms with Crippen molar-refractivity contribution in [1.82, 2.24) is 24.8 Å². The zero-order chi connectivity index (χ0) is 17.4. The highest BCUT2D eigenvalue weighted by atomic mass is 16.2. The number of fused-ring (bicyclic) bond motifs is 1. The molecule has 1 atom stereocenters. The summed E-state index contributed by atoms with van der Waals surface area (Å²) in [5.74, 6) is 0.906. The van der Waals surface area contributed by atoms with E-state index in [-0.39, 0.29) is 11.9 Å². The van der Waals surface area contributed by atoms with Crippen LogP contribution >= 0.6 is 0 Å². The van der Waals surface area contributed by atoms with E-state index in [9.17, 15) is 4.79 Å². The van der Waals surface area contributed by atoms with Gasteiger partial charge in [-0.15, -0.1) is 0 Å². The van der Waals surface area contributed by atoms with Crippen LogP contribution in [0.4, 0.5) is 0 Å². The largest absolute Gasteiger partial charge is 0.336 e. The minimum absolute atomic E-state index is 0.0122. The Morgan fingerprint density at radius 1 is 1.28 bits per heavy atom. The van der Waals surface area contributed by atoms with Crippen molar-refractivity contribution in [2.24, 2.45) is 7.05 Å². The van der Waals surface area contributed by atoms with E-state index in [1.54, 1.807) is 6.20 Å². The third-order valence-electron chi connectivity index (χ3n) is 4.75. The lowest BCUT2D eigenvalue weighted by Crippen LogP contribution is -2.49. The molecule has 1 amide bonds. The number of carbonyl (C=O) groups excluding carboxylic acids is 1. The number of carbonyl (C=O) groups is 1. The highest BCUT2D eigenvalue weighted by Crippen LogP contribution is 2.25. The van der Waals surface area contributed by atoms with Gasteiger partial charge in [0.1, 0.15) is 11.9 Å². The Hall–Kier alpha value is -2.73. The number of piperazine rings is 1. The summed E-state index contributed by atoms with van der Waals surface area (Å²) in [5, 5.41) is 4.36. The first kappa shape index (κ1) is 15.8. The van der Waals surface area contributed by atoms with E-state index in [0.29, 0.717) is 18.7 Å². The maximum Gasteiger partial charge on any atom is 0.256 e. The van der Waals surface area contributed by atoms with Gasteiger partial charge in [-0.05, 0) is 19.1 Å². The summed E-state index contributed by atoms with van der Waals surface area (Å²) in [6.07, 6.45) is 3.69. The van der Waals surface area contributed by atoms with E-state index in [1.807, 2.05) is 60.0 Å². The molecule has 3 aromatic rings. The van der Waals surface area contributed by atoms with Crippen molar-refractivity contribution in [3.63, 3.8) is 0 Å². The van der Waals surface area contributed by atoms with Gasteiger partial charge < -0.3 is 14.8 Å². The van der Waals surface area contributed by atoms with Crippen molar-refractivity contribution in [1.29, 1.82) is 0 Å². The minimum atomic E-state index is -0.0821. The monoisotopic (exact) mass is 335 g/mol. The van der Waals surface area contributed by atoms with Crippen LogP contribution in [0.1, 0.15) is 27.9 Å². The fourth-order valence-corrected chi connectivity index (χ4v) is 3.45. The van der Waals surface area contributed by atoms with Gasteiger partial charge >= 0.3 is 0 Å². The number of hydrogen-bond donors (Lipinski definition) is 1. The quantitative estimate of drug-likeness (QED) is 0.779. The molecule has 1 fully saturated rings. The predicted octanol–water partition coefficient (Wildman–Crippen LogP) is 2.06. The fourth-order valence-electron chi connectivity index (χ4n) is 3.45. The molecule has 1 N–H and O–H groups in total. The molecule has 3 heterocycles. The SMILES string of the molecule is Cc1ccc2cccc(C(=O)N3CCNCC3c3nccn3C)c2n1. The van der Waals surface area contributed by atoms with Crippen LogP contribution < -0.4 is 5.32 Å². The maximum absolute atomic E-state index is 13.4. The Labute approximate surface area is 146 Å². The summed E-state index contributed by atoms with van der Waals surface area (Å²) in [6.45, 7) is 4.08. The summed E-state index contributed by atoms with van der Waals surface area (Å²) < 4.78 is 1.98. The molecule has 4 rings (SSSR count). The van der Waals surface area contributed by atoms with Gasteiger partial charge in [-0.1, -0.05) is 18.2 Å². The molecule has 0 saturated carbocycles. The van der Waals surface area contributed by atoms with Crippen molar-refractivity contribution in [3.05, 3.63) is 59.8 Å². The summed E-state index contributed by atoms with van der Waals surface area (Å²) in [7, 11) is 1.96. The molecule has 1 unspecified atom stereocenters. The zero-order valence-corrected chi connectivity index (χ0v) is 14.4. The standard InChI is InChI=1S/C19H21N5O/c1-13-6-7-14-4-3-5-15(17(14)22-13)19(25)24-11-8-20-12-16(24)18-21-9-10-23(18)2/h3-7,9-10,16,20H,8,11-12H2,1-2H3. The number of aryl methyl sites for hydroxylation is 2. The molecule has 6 heteroatoms. The van der Waals surface area contributed by atoms with Gasteiger partial charge in [0, 0.05) is 50.2 Å². The van der Waals surface area contributed by atoms with Crippen LogP contribution in [-0.2, 0) is 7.05 Å². The molecule has 1 saturated heterocycles. The second-order valence-corrected chi connectivity index (χ2v) is 6.44. The normalized spacial score (nSPS) is 17.8. The van der Waals surface area contributed by atoms with E-state index >= 15 is 0 Å². The Kier molecular flexibility index (Phi) is 3.97. The van der Waals surface area contributed by atoms with E-state index < -0.39 is 0 Å². The number of benzene rings is 1. The van der Waals surface area contributed by atoms with E-state index in [2.05, 4.69) is 15.3 Å². The Morgan fingerprint density at radius 2 is 2.16 bits per heavy atom. The zero-order valence-electron chi connectivity index (χ0n) is 14.4. The molecule has 1 aliphatic rings. The number of imidazole rings is 1. The number of amides is 1. The average molecular weight is 335 g/mol. The van der Waals surface area contributed by atoms with Crippen LogP contribution in [0.25, 0.3) is 10.9 Å². The van der Waals surface area contributed by atoms with Crippen LogP contribution in [0.2, 0.25) is 0 Å². The topological polar surface area (TPSA) is 63.1 Å². The first-order valence-electron chi connectivity index (χ1n) is 8.50. The molecule has 1 aromatic carbocycles. The maximum atomic E-state index is 13.4. The number of para-hydroxylation sites is 1. The Bertz CT molecular complexity index is 932. The molecule has 128 valence electrons. The van der Waals surface area contributed by atoms with Crippen molar-refractivity contribution in [2.45, 2.75) is 13.0 Å². The molecule has 1 aliphatic heterocycles.